The van der Waals surface area contributed by atoms with Crippen molar-refractivity contribution < 1.29 is 0 Å². The van der Waals surface area contributed by atoms with Gasteiger partial charge in [0.05, 0.1) is 0 Å². The van der Waals surface area contributed by atoms with Gasteiger partial charge in [-0.3, -0.25) is 9.78 Å². The van der Waals surface area contributed by atoms with Gasteiger partial charge >= 0.3 is 0 Å². The van der Waals surface area contributed by atoms with Gasteiger partial charge in [0.1, 0.15) is 5.82 Å². The summed E-state index contributed by atoms with van der Waals surface area (Å²) in [6, 6.07) is 0. The highest BCUT2D eigenvalue weighted by atomic mass is 32.1. The van der Waals surface area contributed by atoms with Crippen molar-refractivity contribution in [2.75, 3.05) is 0 Å². The Morgan fingerprint density at radius 1 is 1.40 bits per heavy atom. The largest absolute Gasteiger partial charge is 0.283 e. The van der Waals surface area contributed by atoms with Gasteiger partial charge in [0, 0.05) is 13.5 Å². The molecule has 2 rings (SSSR count). The van der Waals surface area contributed by atoms with E-state index < -0.39 is 0 Å². The number of aromatic amines is 1. The van der Waals surface area contributed by atoms with Crippen LogP contribution in [0.2, 0.25) is 0 Å². The SMILES string of the molecule is Cn1[nH]c(CCC2CCCCC2)nc1=S. The van der Waals surface area contributed by atoms with Crippen LogP contribution in [-0.4, -0.2) is 14.8 Å². The van der Waals surface area contributed by atoms with Crippen LogP contribution in [0.15, 0.2) is 0 Å². The first-order chi connectivity index (χ1) is 7.25. The Bertz CT molecular complexity index is 360. The van der Waals surface area contributed by atoms with Crippen LogP contribution in [0, 0.1) is 10.7 Å². The summed E-state index contributed by atoms with van der Waals surface area (Å²) in [5, 5.41) is 3.19. The first-order valence-electron chi connectivity index (χ1n) is 5.87. The summed E-state index contributed by atoms with van der Waals surface area (Å²) in [4.78, 5) is 4.32. The first-order valence-corrected chi connectivity index (χ1v) is 6.28. The maximum atomic E-state index is 5.07. The van der Waals surface area contributed by atoms with Gasteiger partial charge in [-0.1, -0.05) is 32.1 Å². The summed E-state index contributed by atoms with van der Waals surface area (Å²) in [6.07, 6.45) is 9.41. The summed E-state index contributed by atoms with van der Waals surface area (Å²) in [6.45, 7) is 0. The fraction of sp³-hybridized carbons (Fsp3) is 0.818. The highest BCUT2D eigenvalue weighted by molar-refractivity contribution is 7.71. The third-order valence-electron chi connectivity index (χ3n) is 3.33. The van der Waals surface area contributed by atoms with Crippen molar-refractivity contribution in [3.63, 3.8) is 0 Å². The Hall–Kier alpha value is -0.640. The lowest BCUT2D eigenvalue weighted by molar-refractivity contribution is 0.337. The molecule has 15 heavy (non-hydrogen) atoms. The monoisotopic (exact) mass is 225 g/mol. The zero-order chi connectivity index (χ0) is 10.7. The van der Waals surface area contributed by atoms with E-state index in [-0.39, 0.29) is 0 Å². The summed E-state index contributed by atoms with van der Waals surface area (Å²) >= 11 is 5.07. The number of rotatable bonds is 3. The maximum Gasteiger partial charge on any atom is 0.215 e. The molecule has 0 saturated heterocycles. The molecule has 1 aliphatic rings. The Kier molecular flexibility index (Phi) is 3.57. The number of H-pyrrole nitrogens is 1. The van der Waals surface area contributed by atoms with E-state index in [1.54, 1.807) is 0 Å². The lowest BCUT2D eigenvalue weighted by Crippen LogP contribution is -2.07. The molecule has 0 amide bonds. The van der Waals surface area contributed by atoms with Crippen molar-refractivity contribution in [2.24, 2.45) is 13.0 Å². The highest BCUT2D eigenvalue weighted by Gasteiger charge is 2.13. The molecule has 0 spiro atoms. The number of nitrogens with zero attached hydrogens (tertiary/aromatic N) is 2. The summed E-state index contributed by atoms with van der Waals surface area (Å²) in [7, 11) is 1.92. The van der Waals surface area contributed by atoms with Crippen LogP contribution in [-0.2, 0) is 13.5 Å². The molecule has 1 aromatic heterocycles. The lowest BCUT2D eigenvalue weighted by atomic mass is 9.86. The van der Waals surface area contributed by atoms with Gasteiger partial charge < -0.3 is 0 Å². The zero-order valence-electron chi connectivity index (χ0n) is 9.33. The third-order valence-corrected chi connectivity index (χ3v) is 3.69. The molecular weight excluding hydrogens is 206 g/mol. The topological polar surface area (TPSA) is 33.6 Å². The van der Waals surface area contributed by atoms with Crippen LogP contribution in [0.3, 0.4) is 0 Å². The van der Waals surface area contributed by atoms with E-state index in [1.165, 1.54) is 38.5 Å². The Labute approximate surface area is 95.9 Å². The number of nitrogens with one attached hydrogen (secondary N) is 1. The van der Waals surface area contributed by atoms with E-state index in [4.69, 9.17) is 12.2 Å². The summed E-state index contributed by atoms with van der Waals surface area (Å²) < 4.78 is 2.47. The van der Waals surface area contributed by atoms with E-state index in [1.807, 2.05) is 11.7 Å². The Balaban J connectivity index is 1.84. The third kappa shape index (κ3) is 2.91. The van der Waals surface area contributed by atoms with Crippen LogP contribution in [0.1, 0.15) is 44.3 Å². The lowest BCUT2D eigenvalue weighted by Gasteiger charge is -2.20. The second kappa shape index (κ2) is 4.92. The normalized spacial score (nSPS) is 18.2. The molecule has 0 bridgehead atoms. The van der Waals surface area contributed by atoms with Crippen LogP contribution < -0.4 is 0 Å². The molecular formula is C11H19N3S. The standard InChI is InChI=1S/C11H19N3S/c1-14-11(15)12-10(13-14)8-7-9-5-3-2-4-6-9/h9H,2-8H2,1H3,(H,12,13,15). The second-order valence-corrected chi connectivity index (χ2v) is 4.92. The van der Waals surface area contributed by atoms with E-state index >= 15 is 0 Å². The fourth-order valence-corrected chi connectivity index (χ4v) is 2.54. The fourth-order valence-electron chi connectivity index (χ4n) is 2.39. The predicted octanol–water partition coefficient (Wildman–Crippen LogP) is 2.99. The molecule has 0 unspecified atom stereocenters. The number of aromatic nitrogens is 3. The van der Waals surface area contributed by atoms with Crippen LogP contribution in [0.5, 0.6) is 0 Å². The minimum atomic E-state index is 0.661. The smallest absolute Gasteiger partial charge is 0.215 e. The molecule has 3 nitrogen and oxygen atoms in total. The summed E-state index contributed by atoms with van der Waals surface area (Å²) in [5.41, 5.74) is 0. The van der Waals surface area contributed by atoms with Crippen molar-refractivity contribution in [1.29, 1.82) is 0 Å². The predicted molar refractivity (Wildman–Crippen MR) is 63.3 cm³/mol. The molecule has 0 atom stereocenters. The minimum absolute atomic E-state index is 0.661. The summed E-state index contributed by atoms with van der Waals surface area (Å²) in [5.74, 6) is 1.97. The molecule has 0 aromatic carbocycles. The van der Waals surface area contributed by atoms with Gasteiger partial charge in [-0.05, 0) is 24.6 Å². The molecule has 0 radical (unpaired) electrons. The molecule has 1 fully saturated rings. The van der Waals surface area contributed by atoms with Gasteiger partial charge in [0.2, 0.25) is 4.77 Å². The van der Waals surface area contributed by atoms with Crippen molar-refractivity contribution in [3.05, 3.63) is 10.6 Å². The molecule has 1 aromatic rings. The van der Waals surface area contributed by atoms with E-state index in [2.05, 4.69) is 10.1 Å². The van der Waals surface area contributed by atoms with Gasteiger partial charge in [0.15, 0.2) is 0 Å². The average Bonchev–Trinajstić information content (AvgIpc) is 2.57. The van der Waals surface area contributed by atoms with Crippen LogP contribution in [0.4, 0.5) is 0 Å². The van der Waals surface area contributed by atoms with E-state index in [0.717, 1.165) is 18.2 Å². The van der Waals surface area contributed by atoms with Gasteiger partial charge in [-0.15, -0.1) is 0 Å². The average molecular weight is 225 g/mol. The molecule has 84 valence electrons. The highest BCUT2D eigenvalue weighted by Crippen LogP contribution is 2.26. The van der Waals surface area contributed by atoms with Crippen molar-refractivity contribution in [3.8, 4) is 0 Å². The van der Waals surface area contributed by atoms with Crippen molar-refractivity contribution in [2.45, 2.75) is 44.9 Å². The molecule has 1 saturated carbocycles. The number of hydrogen-bond acceptors (Lipinski definition) is 2. The first kappa shape index (κ1) is 10.9. The van der Waals surface area contributed by atoms with Crippen LogP contribution >= 0.6 is 12.2 Å². The second-order valence-electron chi connectivity index (χ2n) is 4.55. The molecule has 4 heteroatoms. The van der Waals surface area contributed by atoms with Gasteiger partial charge in [0.25, 0.3) is 0 Å². The van der Waals surface area contributed by atoms with E-state index in [0.29, 0.717) is 4.77 Å². The van der Waals surface area contributed by atoms with Crippen molar-refractivity contribution in [1.82, 2.24) is 14.8 Å². The van der Waals surface area contributed by atoms with Crippen LogP contribution in [0.25, 0.3) is 0 Å². The zero-order valence-corrected chi connectivity index (χ0v) is 10.1. The number of aryl methyl sites for hydroxylation is 2. The molecule has 1 N–H and O–H groups in total. The van der Waals surface area contributed by atoms with Crippen molar-refractivity contribution >= 4 is 12.2 Å². The van der Waals surface area contributed by atoms with E-state index in [9.17, 15) is 0 Å². The quantitative estimate of drug-likeness (QED) is 0.802. The Morgan fingerprint density at radius 2 is 2.13 bits per heavy atom. The molecule has 1 heterocycles. The maximum absolute atomic E-state index is 5.07. The molecule has 1 aliphatic carbocycles. The van der Waals surface area contributed by atoms with Gasteiger partial charge in [-0.2, -0.15) is 0 Å². The number of hydrogen-bond donors (Lipinski definition) is 1. The molecule has 0 aliphatic heterocycles. The Morgan fingerprint density at radius 3 is 2.73 bits per heavy atom. The van der Waals surface area contributed by atoms with Gasteiger partial charge in [-0.25, -0.2) is 4.98 Å². The minimum Gasteiger partial charge on any atom is -0.283 e.